The molecule has 5 heteroatoms. The maximum atomic E-state index is 12.5. The molecule has 1 amide bonds. The highest BCUT2D eigenvalue weighted by Gasteiger charge is 2.23. The van der Waals surface area contributed by atoms with Crippen molar-refractivity contribution < 1.29 is 4.79 Å². The van der Waals surface area contributed by atoms with Crippen molar-refractivity contribution in [2.75, 3.05) is 32.7 Å². The van der Waals surface area contributed by atoms with Crippen LogP contribution in [0.4, 0.5) is 0 Å². The molecule has 2 heterocycles. The van der Waals surface area contributed by atoms with E-state index < -0.39 is 0 Å². The molecule has 0 saturated carbocycles. The number of hydrogen-bond acceptors (Lipinski definition) is 2. The molecule has 3 rings (SSSR count). The van der Waals surface area contributed by atoms with Crippen LogP contribution in [0.2, 0.25) is 0 Å². The predicted octanol–water partition coefficient (Wildman–Crippen LogP) is 2.51. The fourth-order valence-corrected chi connectivity index (χ4v) is 4.08. The minimum atomic E-state index is 0.108. The van der Waals surface area contributed by atoms with Crippen molar-refractivity contribution in [1.29, 1.82) is 0 Å². The third kappa shape index (κ3) is 5.23. The Kier molecular flexibility index (Phi) is 6.53. The van der Waals surface area contributed by atoms with Gasteiger partial charge >= 0.3 is 0 Å². The fourth-order valence-electron chi connectivity index (χ4n) is 4.08. The highest BCUT2D eigenvalue weighted by atomic mass is 16.2. The molecular weight excluding hydrogens is 324 g/mol. The lowest BCUT2D eigenvalue weighted by molar-refractivity contribution is -0.130. The monoisotopic (exact) mass is 356 g/mol. The van der Waals surface area contributed by atoms with E-state index in [0.717, 1.165) is 51.9 Å². The lowest BCUT2D eigenvalue weighted by atomic mass is 9.90. The van der Waals surface area contributed by atoms with Gasteiger partial charge in [0.2, 0.25) is 5.91 Å². The van der Waals surface area contributed by atoms with Crippen LogP contribution in [0.1, 0.15) is 38.2 Å². The van der Waals surface area contributed by atoms with E-state index in [0.29, 0.717) is 17.8 Å². The van der Waals surface area contributed by atoms with Crippen LogP contribution in [0, 0.1) is 11.8 Å². The largest absolute Gasteiger partial charge is 0.370 e. The van der Waals surface area contributed by atoms with Crippen LogP contribution >= 0.6 is 0 Å². The second kappa shape index (κ2) is 9.06. The van der Waals surface area contributed by atoms with Crippen LogP contribution in [0.3, 0.4) is 0 Å². The first kappa shape index (κ1) is 18.7. The van der Waals surface area contributed by atoms with Crippen LogP contribution in [-0.2, 0) is 11.2 Å². The number of rotatable bonds is 4. The molecule has 2 fully saturated rings. The minimum Gasteiger partial charge on any atom is -0.370 e. The van der Waals surface area contributed by atoms with Gasteiger partial charge in [0.25, 0.3) is 0 Å². The molecule has 1 aromatic rings. The predicted molar refractivity (Wildman–Crippen MR) is 106 cm³/mol. The summed E-state index contributed by atoms with van der Waals surface area (Å²) in [4.78, 5) is 20.9. The SMILES string of the molecule is CC1CCCN(C(N)=NCC(=O)N2CCC(Cc3ccccc3)CC2)C1. The number of likely N-dealkylation sites (tertiary alicyclic amines) is 2. The molecule has 2 N–H and O–H groups in total. The zero-order valence-electron chi connectivity index (χ0n) is 15.9. The Morgan fingerprint density at radius 3 is 2.54 bits per heavy atom. The van der Waals surface area contributed by atoms with Gasteiger partial charge in [-0.05, 0) is 49.5 Å². The molecule has 26 heavy (non-hydrogen) atoms. The van der Waals surface area contributed by atoms with Crippen molar-refractivity contribution >= 4 is 11.9 Å². The van der Waals surface area contributed by atoms with Gasteiger partial charge in [-0.3, -0.25) is 4.79 Å². The van der Waals surface area contributed by atoms with Gasteiger partial charge < -0.3 is 15.5 Å². The average molecular weight is 357 g/mol. The van der Waals surface area contributed by atoms with Crippen LogP contribution in [0.5, 0.6) is 0 Å². The van der Waals surface area contributed by atoms with Crippen LogP contribution in [-0.4, -0.2) is 54.4 Å². The van der Waals surface area contributed by atoms with Crippen molar-refractivity contribution in [2.45, 2.75) is 39.0 Å². The van der Waals surface area contributed by atoms with Gasteiger partial charge in [0, 0.05) is 26.2 Å². The van der Waals surface area contributed by atoms with Crippen molar-refractivity contribution in [2.24, 2.45) is 22.6 Å². The molecule has 2 aliphatic heterocycles. The fraction of sp³-hybridized carbons (Fsp3) is 0.619. The van der Waals surface area contributed by atoms with E-state index in [9.17, 15) is 4.79 Å². The number of nitrogens with two attached hydrogens (primary N) is 1. The second-order valence-corrected chi connectivity index (χ2v) is 7.88. The average Bonchev–Trinajstić information content (AvgIpc) is 2.67. The summed E-state index contributed by atoms with van der Waals surface area (Å²) in [6.45, 7) is 6.01. The molecule has 0 radical (unpaired) electrons. The number of piperidine rings is 2. The minimum absolute atomic E-state index is 0.108. The third-order valence-electron chi connectivity index (χ3n) is 5.69. The zero-order valence-corrected chi connectivity index (χ0v) is 15.9. The molecule has 142 valence electrons. The summed E-state index contributed by atoms with van der Waals surface area (Å²) in [5.41, 5.74) is 7.50. The van der Waals surface area contributed by atoms with E-state index in [1.54, 1.807) is 0 Å². The summed E-state index contributed by atoms with van der Waals surface area (Å²) in [5.74, 6) is 1.96. The van der Waals surface area contributed by atoms with E-state index in [1.165, 1.54) is 12.0 Å². The Hall–Kier alpha value is -2.04. The third-order valence-corrected chi connectivity index (χ3v) is 5.69. The smallest absolute Gasteiger partial charge is 0.244 e. The van der Waals surface area contributed by atoms with Gasteiger partial charge in [-0.25, -0.2) is 4.99 Å². The van der Waals surface area contributed by atoms with Gasteiger partial charge in [0.05, 0.1) is 0 Å². The summed E-state index contributed by atoms with van der Waals surface area (Å²) in [7, 11) is 0. The van der Waals surface area contributed by atoms with Gasteiger partial charge in [-0.15, -0.1) is 0 Å². The van der Waals surface area contributed by atoms with Crippen LogP contribution < -0.4 is 5.73 Å². The van der Waals surface area contributed by atoms with Crippen molar-refractivity contribution in [1.82, 2.24) is 9.80 Å². The quantitative estimate of drug-likeness (QED) is 0.666. The van der Waals surface area contributed by atoms with Crippen molar-refractivity contribution in [3.63, 3.8) is 0 Å². The number of carbonyl (C=O) groups is 1. The van der Waals surface area contributed by atoms with E-state index in [1.807, 2.05) is 4.90 Å². The van der Waals surface area contributed by atoms with Gasteiger partial charge in [0.1, 0.15) is 6.54 Å². The van der Waals surface area contributed by atoms with Crippen LogP contribution in [0.15, 0.2) is 35.3 Å². The number of benzene rings is 1. The summed E-state index contributed by atoms with van der Waals surface area (Å²) in [6.07, 6.45) is 5.66. The molecule has 0 spiro atoms. The molecular formula is C21H32N4O. The zero-order chi connectivity index (χ0) is 18.4. The molecule has 5 nitrogen and oxygen atoms in total. The molecule has 2 saturated heterocycles. The van der Waals surface area contributed by atoms with E-state index in [-0.39, 0.29) is 12.5 Å². The second-order valence-electron chi connectivity index (χ2n) is 7.88. The number of hydrogen-bond donors (Lipinski definition) is 1. The maximum absolute atomic E-state index is 12.5. The van der Waals surface area contributed by atoms with Crippen molar-refractivity contribution in [3.8, 4) is 0 Å². The summed E-state index contributed by atoms with van der Waals surface area (Å²) >= 11 is 0. The Balaban J connectivity index is 1.42. The molecule has 0 aromatic heterocycles. The number of guanidine groups is 1. The Labute approximate surface area is 157 Å². The molecule has 0 aliphatic carbocycles. The summed E-state index contributed by atoms with van der Waals surface area (Å²) in [5, 5.41) is 0. The van der Waals surface area contributed by atoms with E-state index >= 15 is 0 Å². The lowest BCUT2D eigenvalue weighted by Crippen LogP contribution is -2.44. The summed E-state index contributed by atoms with van der Waals surface area (Å²) in [6, 6.07) is 10.6. The first-order chi connectivity index (χ1) is 12.6. The molecule has 0 bridgehead atoms. The standard InChI is InChI=1S/C21H32N4O/c1-17-6-5-11-25(16-17)21(22)23-15-20(26)24-12-9-19(10-13-24)14-18-7-3-2-4-8-18/h2-4,7-8,17,19H,5-6,9-16H2,1H3,(H2,22,23). The van der Waals surface area contributed by atoms with Crippen molar-refractivity contribution in [3.05, 3.63) is 35.9 Å². The Morgan fingerprint density at radius 2 is 1.85 bits per heavy atom. The molecule has 1 unspecified atom stereocenters. The molecule has 2 aliphatic rings. The number of aliphatic imine (C=N–C) groups is 1. The van der Waals surface area contributed by atoms with Gasteiger partial charge in [-0.1, -0.05) is 37.3 Å². The van der Waals surface area contributed by atoms with Crippen LogP contribution in [0.25, 0.3) is 0 Å². The van der Waals surface area contributed by atoms with E-state index in [2.05, 4.69) is 47.1 Å². The highest BCUT2D eigenvalue weighted by molar-refractivity contribution is 5.84. The normalized spacial score (nSPS) is 22.5. The maximum Gasteiger partial charge on any atom is 0.244 e. The topological polar surface area (TPSA) is 61.9 Å². The van der Waals surface area contributed by atoms with Gasteiger partial charge in [-0.2, -0.15) is 0 Å². The number of amides is 1. The highest BCUT2D eigenvalue weighted by Crippen LogP contribution is 2.21. The number of carbonyl (C=O) groups excluding carboxylic acids is 1. The first-order valence-corrected chi connectivity index (χ1v) is 9.98. The summed E-state index contributed by atoms with van der Waals surface area (Å²) < 4.78 is 0. The first-order valence-electron chi connectivity index (χ1n) is 9.98. The van der Waals surface area contributed by atoms with E-state index in [4.69, 9.17) is 5.73 Å². The Bertz CT molecular complexity index is 608. The lowest BCUT2D eigenvalue weighted by Gasteiger charge is -2.33. The number of nitrogens with zero attached hydrogens (tertiary/aromatic N) is 3. The molecule has 1 atom stereocenters. The van der Waals surface area contributed by atoms with Gasteiger partial charge in [0.15, 0.2) is 5.96 Å². The Morgan fingerprint density at radius 1 is 1.12 bits per heavy atom. The molecule has 1 aromatic carbocycles.